The number of nitrogens with zero attached hydrogens (tertiary/aromatic N) is 1. The van der Waals surface area contributed by atoms with E-state index in [2.05, 4.69) is 29.5 Å². The Hall–Kier alpha value is -0.450. The van der Waals surface area contributed by atoms with Crippen LogP contribution in [0.5, 0.6) is 0 Å². The Morgan fingerprint density at radius 2 is 2.44 bits per heavy atom. The van der Waals surface area contributed by atoms with Crippen LogP contribution in [0.1, 0.15) is 31.7 Å². The number of aromatic nitrogens is 1. The molecular formula is C14H25N3S. The van der Waals surface area contributed by atoms with E-state index in [4.69, 9.17) is 0 Å². The zero-order valence-electron chi connectivity index (χ0n) is 11.5. The van der Waals surface area contributed by atoms with Crippen LogP contribution in [0, 0.1) is 11.3 Å². The van der Waals surface area contributed by atoms with Crippen molar-refractivity contribution < 1.29 is 0 Å². The maximum Gasteiger partial charge on any atom is 0.0937 e. The highest BCUT2D eigenvalue weighted by Gasteiger charge is 2.29. The average molecular weight is 267 g/mol. The molecule has 1 atom stereocenters. The lowest BCUT2D eigenvalue weighted by Crippen LogP contribution is -2.43. The molecule has 2 rings (SSSR count). The summed E-state index contributed by atoms with van der Waals surface area (Å²) in [6.45, 7) is 9.30. The van der Waals surface area contributed by atoms with Gasteiger partial charge >= 0.3 is 0 Å². The second kappa shape index (κ2) is 6.64. The lowest BCUT2D eigenvalue weighted by molar-refractivity contribution is 0.167. The maximum atomic E-state index is 4.31. The van der Waals surface area contributed by atoms with Crippen molar-refractivity contribution in [3.63, 3.8) is 0 Å². The summed E-state index contributed by atoms with van der Waals surface area (Å²) in [5.74, 6) is 0.804. The molecule has 1 fully saturated rings. The quantitative estimate of drug-likeness (QED) is 0.777. The van der Waals surface area contributed by atoms with Crippen LogP contribution < -0.4 is 10.6 Å². The smallest absolute Gasteiger partial charge is 0.0937 e. The van der Waals surface area contributed by atoms with Gasteiger partial charge in [0.2, 0.25) is 0 Å². The lowest BCUT2D eigenvalue weighted by atomic mass is 9.75. The number of rotatable bonds is 6. The maximum absolute atomic E-state index is 4.31. The number of hydrogen-bond acceptors (Lipinski definition) is 4. The molecule has 1 aliphatic rings. The van der Waals surface area contributed by atoms with Gasteiger partial charge in [0.25, 0.3) is 0 Å². The van der Waals surface area contributed by atoms with Gasteiger partial charge in [-0.25, -0.2) is 4.98 Å². The van der Waals surface area contributed by atoms with Gasteiger partial charge < -0.3 is 10.6 Å². The molecule has 0 amide bonds. The molecule has 0 aliphatic carbocycles. The van der Waals surface area contributed by atoms with Crippen molar-refractivity contribution in [2.24, 2.45) is 11.3 Å². The van der Waals surface area contributed by atoms with Crippen LogP contribution in [0.4, 0.5) is 0 Å². The molecule has 3 nitrogen and oxygen atoms in total. The van der Waals surface area contributed by atoms with E-state index < -0.39 is 0 Å². The Morgan fingerprint density at radius 3 is 3.11 bits per heavy atom. The van der Waals surface area contributed by atoms with Crippen molar-refractivity contribution in [1.29, 1.82) is 0 Å². The largest absolute Gasteiger partial charge is 0.316 e. The summed E-state index contributed by atoms with van der Waals surface area (Å²) >= 11 is 1.75. The molecule has 0 spiro atoms. The van der Waals surface area contributed by atoms with Crippen LogP contribution in [0.25, 0.3) is 0 Å². The monoisotopic (exact) mass is 267 g/mol. The first-order valence-electron chi connectivity index (χ1n) is 6.98. The highest BCUT2D eigenvalue weighted by molar-refractivity contribution is 7.09. The summed E-state index contributed by atoms with van der Waals surface area (Å²) in [7, 11) is 0. The minimum Gasteiger partial charge on any atom is -0.316 e. The minimum absolute atomic E-state index is 0.385. The molecule has 102 valence electrons. The topological polar surface area (TPSA) is 37.0 Å². The third kappa shape index (κ3) is 4.04. The van der Waals surface area contributed by atoms with Crippen molar-refractivity contribution in [3.05, 3.63) is 16.6 Å². The van der Waals surface area contributed by atoms with Crippen LogP contribution in [0.3, 0.4) is 0 Å². The van der Waals surface area contributed by atoms with Crippen molar-refractivity contribution in [1.82, 2.24) is 15.6 Å². The molecule has 18 heavy (non-hydrogen) atoms. The summed E-state index contributed by atoms with van der Waals surface area (Å²) in [4.78, 5) is 4.31. The van der Waals surface area contributed by atoms with E-state index in [1.54, 1.807) is 11.3 Å². The second-order valence-electron chi connectivity index (χ2n) is 5.88. The third-order valence-corrected chi connectivity index (χ3v) is 4.82. The van der Waals surface area contributed by atoms with E-state index >= 15 is 0 Å². The molecule has 4 heteroatoms. The van der Waals surface area contributed by atoms with E-state index in [0.717, 1.165) is 25.4 Å². The SMILES string of the molecule is CC(C)(CNCCc1nccs1)C1CCCNC1. The molecule has 1 aromatic rings. The van der Waals surface area contributed by atoms with Crippen molar-refractivity contribution in [2.75, 3.05) is 26.2 Å². The summed E-state index contributed by atoms with van der Waals surface area (Å²) in [5.41, 5.74) is 0.385. The molecule has 1 aromatic heterocycles. The first-order chi connectivity index (χ1) is 8.68. The number of hydrogen-bond donors (Lipinski definition) is 2. The molecule has 0 aromatic carbocycles. The van der Waals surface area contributed by atoms with Crippen LogP contribution in [-0.4, -0.2) is 31.2 Å². The van der Waals surface area contributed by atoms with Crippen molar-refractivity contribution in [2.45, 2.75) is 33.1 Å². The Bertz CT molecular complexity index is 329. The summed E-state index contributed by atoms with van der Waals surface area (Å²) < 4.78 is 0. The predicted molar refractivity (Wildman–Crippen MR) is 78.1 cm³/mol. The van der Waals surface area contributed by atoms with Gasteiger partial charge in [0, 0.05) is 31.1 Å². The van der Waals surface area contributed by atoms with E-state index in [-0.39, 0.29) is 0 Å². The Kier molecular flexibility index (Phi) is 5.15. The zero-order valence-corrected chi connectivity index (χ0v) is 12.4. The average Bonchev–Trinajstić information content (AvgIpc) is 2.89. The van der Waals surface area contributed by atoms with Crippen molar-refractivity contribution in [3.8, 4) is 0 Å². The molecule has 1 saturated heterocycles. The van der Waals surface area contributed by atoms with Gasteiger partial charge in [-0.2, -0.15) is 0 Å². The zero-order chi connectivity index (χ0) is 12.8. The fourth-order valence-corrected chi connectivity index (χ4v) is 3.27. The molecule has 1 aliphatic heterocycles. The van der Waals surface area contributed by atoms with E-state index in [0.29, 0.717) is 5.41 Å². The Labute approximate surface area is 114 Å². The van der Waals surface area contributed by atoms with Crippen LogP contribution in [-0.2, 0) is 6.42 Å². The van der Waals surface area contributed by atoms with Gasteiger partial charge in [-0.05, 0) is 37.3 Å². The molecule has 2 heterocycles. The van der Waals surface area contributed by atoms with Crippen molar-refractivity contribution >= 4 is 11.3 Å². The standard InChI is InChI=1S/C14H25N3S/c1-14(2,12-4-3-6-15-10-12)11-16-7-5-13-17-8-9-18-13/h8-9,12,15-16H,3-7,10-11H2,1-2H3. The summed E-state index contributed by atoms with van der Waals surface area (Å²) in [6.07, 6.45) is 5.63. The van der Waals surface area contributed by atoms with Gasteiger partial charge in [0.05, 0.1) is 5.01 Å². The van der Waals surface area contributed by atoms with Gasteiger partial charge in [-0.3, -0.25) is 0 Å². The number of piperidine rings is 1. The predicted octanol–water partition coefficient (Wildman–Crippen LogP) is 2.30. The van der Waals surface area contributed by atoms with Crippen LogP contribution >= 0.6 is 11.3 Å². The fraction of sp³-hybridized carbons (Fsp3) is 0.786. The first-order valence-corrected chi connectivity index (χ1v) is 7.86. The van der Waals surface area contributed by atoms with Crippen LogP contribution in [0.15, 0.2) is 11.6 Å². The highest BCUT2D eigenvalue weighted by atomic mass is 32.1. The fourth-order valence-electron chi connectivity index (χ4n) is 2.65. The Balaban J connectivity index is 1.67. The third-order valence-electron chi connectivity index (χ3n) is 3.98. The molecule has 0 saturated carbocycles. The van der Waals surface area contributed by atoms with Gasteiger partial charge in [0.15, 0.2) is 0 Å². The lowest BCUT2D eigenvalue weighted by Gasteiger charge is -2.37. The summed E-state index contributed by atoms with van der Waals surface area (Å²) in [5, 5.41) is 10.4. The van der Waals surface area contributed by atoms with E-state index in [1.165, 1.54) is 30.9 Å². The number of thiazole rings is 1. The molecule has 1 unspecified atom stereocenters. The second-order valence-corrected chi connectivity index (χ2v) is 6.86. The molecule has 0 radical (unpaired) electrons. The van der Waals surface area contributed by atoms with Gasteiger partial charge in [-0.15, -0.1) is 11.3 Å². The summed E-state index contributed by atoms with van der Waals surface area (Å²) in [6, 6.07) is 0. The minimum atomic E-state index is 0.385. The van der Waals surface area contributed by atoms with Gasteiger partial charge in [-0.1, -0.05) is 13.8 Å². The Morgan fingerprint density at radius 1 is 1.56 bits per heavy atom. The highest BCUT2D eigenvalue weighted by Crippen LogP contribution is 2.30. The molecular weight excluding hydrogens is 242 g/mol. The molecule has 0 bridgehead atoms. The van der Waals surface area contributed by atoms with Crippen LogP contribution in [0.2, 0.25) is 0 Å². The van der Waals surface area contributed by atoms with Gasteiger partial charge in [0.1, 0.15) is 0 Å². The van der Waals surface area contributed by atoms with E-state index in [9.17, 15) is 0 Å². The first kappa shape index (κ1) is 14.0. The normalized spacial score (nSPS) is 21.1. The van der Waals surface area contributed by atoms with E-state index in [1.807, 2.05) is 11.6 Å². The number of nitrogens with one attached hydrogen (secondary N) is 2. The molecule has 2 N–H and O–H groups in total.